The van der Waals surface area contributed by atoms with Gasteiger partial charge in [-0.05, 0) is 18.4 Å². The van der Waals surface area contributed by atoms with E-state index in [9.17, 15) is 4.79 Å². The van der Waals surface area contributed by atoms with Crippen LogP contribution in [0.5, 0.6) is 0 Å². The minimum atomic E-state index is -0.0788. The van der Waals surface area contributed by atoms with E-state index in [4.69, 9.17) is 4.74 Å². The third kappa shape index (κ3) is 6.42. The van der Waals surface area contributed by atoms with Crippen molar-refractivity contribution in [3.8, 4) is 0 Å². The van der Waals surface area contributed by atoms with Gasteiger partial charge in [-0.15, -0.1) is 0 Å². The predicted molar refractivity (Wildman–Crippen MR) is 78.9 cm³/mol. The minimum Gasteiger partial charge on any atom is -0.457 e. The molecular formula is C17H26O2. The molecule has 0 spiro atoms. The molecule has 0 bridgehead atoms. The van der Waals surface area contributed by atoms with Crippen molar-refractivity contribution in [3.63, 3.8) is 0 Å². The van der Waals surface area contributed by atoms with Crippen LogP contribution in [0.2, 0.25) is 0 Å². The number of esters is 1. The fourth-order valence-electron chi connectivity index (χ4n) is 2.14. The van der Waals surface area contributed by atoms with Crippen molar-refractivity contribution < 1.29 is 9.53 Å². The molecule has 1 atom stereocenters. The quantitative estimate of drug-likeness (QED) is 0.460. The molecule has 106 valence electrons. The van der Waals surface area contributed by atoms with Gasteiger partial charge < -0.3 is 4.74 Å². The third-order valence-electron chi connectivity index (χ3n) is 3.23. The number of ether oxygens (including phenoxy) is 1. The number of hydrogen-bond acceptors (Lipinski definition) is 2. The summed E-state index contributed by atoms with van der Waals surface area (Å²) in [6.07, 6.45) is 6.84. The fraction of sp³-hybridized carbons (Fsp3) is 0.588. The van der Waals surface area contributed by atoms with E-state index >= 15 is 0 Å². The number of hydrogen-bond donors (Lipinski definition) is 0. The van der Waals surface area contributed by atoms with E-state index in [0.717, 1.165) is 31.2 Å². The first kappa shape index (κ1) is 15.7. The summed E-state index contributed by atoms with van der Waals surface area (Å²) >= 11 is 0. The van der Waals surface area contributed by atoms with Gasteiger partial charge in [-0.25, -0.2) is 0 Å². The van der Waals surface area contributed by atoms with E-state index in [1.165, 1.54) is 12.8 Å². The lowest BCUT2D eigenvalue weighted by atomic mass is 10.1. The number of carbonyl (C=O) groups is 1. The standard InChI is InChI=1S/C17H26O2/c1-3-5-6-10-14-17(18)19-16(11-4-2)15-12-8-7-9-13-15/h7-9,12-13,16H,3-6,10-11,14H2,1-2H3. The largest absolute Gasteiger partial charge is 0.457 e. The molecule has 0 aromatic heterocycles. The zero-order valence-corrected chi connectivity index (χ0v) is 12.2. The molecule has 2 nitrogen and oxygen atoms in total. The molecule has 0 saturated heterocycles. The van der Waals surface area contributed by atoms with E-state index in [0.29, 0.717) is 6.42 Å². The summed E-state index contributed by atoms with van der Waals surface area (Å²) in [5.41, 5.74) is 1.10. The molecule has 0 aliphatic rings. The molecule has 0 N–H and O–H groups in total. The van der Waals surface area contributed by atoms with Crippen molar-refractivity contribution >= 4 is 5.97 Å². The van der Waals surface area contributed by atoms with Crippen LogP contribution in [0.4, 0.5) is 0 Å². The van der Waals surface area contributed by atoms with Gasteiger partial charge in [0.15, 0.2) is 0 Å². The summed E-state index contributed by atoms with van der Waals surface area (Å²) in [5.74, 6) is -0.0570. The second kappa shape index (κ2) is 9.60. The van der Waals surface area contributed by atoms with Gasteiger partial charge in [0.25, 0.3) is 0 Å². The summed E-state index contributed by atoms with van der Waals surface area (Å²) in [6.45, 7) is 4.29. The Bertz CT molecular complexity index is 346. The maximum absolute atomic E-state index is 11.8. The summed E-state index contributed by atoms with van der Waals surface area (Å²) < 4.78 is 5.62. The average molecular weight is 262 g/mol. The van der Waals surface area contributed by atoms with Crippen LogP contribution in [-0.4, -0.2) is 5.97 Å². The van der Waals surface area contributed by atoms with Gasteiger partial charge in [-0.2, -0.15) is 0 Å². The fourth-order valence-corrected chi connectivity index (χ4v) is 2.14. The van der Waals surface area contributed by atoms with E-state index < -0.39 is 0 Å². The lowest BCUT2D eigenvalue weighted by Gasteiger charge is -2.17. The number of carbonyl (C=O) groups excluding carboxylic acids is 1. The van der Waals surface area contributed by atoms with Crippen LogP contribution in [0.1, 0.15) is 70.5 Å². The maximum Gasteiger partial charge on any atom is 0.306 e. The van der Waals surface area contributed by atoms with E-state index in [1.807, 2.05) is 30.3 Å². The summed E-state index contributed by atoms with van der Waals surface area (Å²) in [5, 5.41) is 0. The molecule has 1 rings (SSSR count). The highest BCUT2D eigenvalue weighted by atomic mass is 16.5. The molecule has 19 heavy (non-hydrogen) atoms. The lowest BCUT2D eigenvalue weighted by Crippen LogP contribution is -2.11. The van der Waals surface area contributed by atoms with Gasteiger partial charge in [-0.1, -0.05) is 69.9 Å². The van der Waals surface area contributed by atoms with E-state index in [1.54, 1.807) is 0 Å². The summed E-state index contributed by atoms with van der Waals surface area (Å²) in [7, 11) is 0. The zero-order valence-electron chi connectivity index (χ0n) is 12.2. The Hall–Kier alpha value is -1.31. The predicted octanol–water partition coefficient (Wildman–Crippen LogP) is 5.04. The molecule has 1 aromatic rings. The van der Waals surface area contributed by atoms with Crippen molar-refractivity contribution in [1.82, 2.24) is 0 Å². The number of unbranched alkanes of at least 4 members (excludes halogenated alkanes) is 3. The smallest absolute Gasteiger partial charge is 0.306 e. The molecular weight excluding hydrogens is 236 g/mol. The minimum absolute atomic E-state index is 0.0570. The van der Waals surface area contributed by atoms with Gasteiger partial charge in [-0.3, -0.25) is 4.79 Å². The Kier molecular flexibility index (Phi) is 7.95. The first-order valence-corrected chi connectivity index (χ1v) is 7.52. The molecule has 0 aliphatic heterocycles. The molecule has 0 heterocycles. The maximum atomic E-state index is 11.8. The van der Waals surface area contributed by atoms with Crippen LogP contribution >= 0.6 is 0 Å². The molecule has 2 heteroatoms. The number of benzene rings is 1. The highest BCUT2D eigenvalue weighted by molar-refractivity contribution is 5.69. The van der Waals surface area contributed by atoms with Crippen LogP contribution in [0, 0.1) is 0 Å². The van der Waals surface area contributed by atoms with E-state index in [-0.39, 0.29) is 12.1 Å². The van der Waals surface area contributed by atoms with Crippen molar-refractivity contribution in [2.45, 2.75) is 64.9 Å². The SMILES string of the molecule is CCCCCCC(=O)OC(CCC)c1ccccc1. The molecule has 0 radical (unpaired) electrons. The Labute approximate surface area is 117 Å². The molecule has 1 unspecified atom stereocenters. The van der Waals surface area contributed by atoms with Gasteiger partial charge in [0.2, 0.25) is 0 Å². The second-order valence-electron chi connectivity index (χ2n) is 4.99. The topological polar surface area (TPSA) is 26.3 Å². The normalized spacial score (nSPS) is 12.1. The van der Waals surface area contributed by atoms with Crippen molar-refractivity contribution in [3.05, 3.63) is 35.9 Å². The zero-order chi connectivity index (χ0) is 13.9. The first-order chi connectivity index (χ1) is 9.27. The number of rotatable bonds is 9. The Morgan fingerprint density at radius 2 is 1.79 bits per heavy atom. The third-order valence-corrected chi connectivity index (χ3v) is 3.23. The van der Waals surface area contributed by atoms with Gasteiger partial charge in [0, 0.05) is 6.42 Å². The molecule has 0 aliphatic carbocycles. The molecule has 1 aromatic carbocycles. The molecule has 0 saturated carbocycles. The van der Waals surface area contributed by atoms with Crippen LogP contribution in [0.15, 0.2) is 30.3 Å². The van der Waals surface area contributed by atoms with Gasteiger partial charge in [0.05, 0.1) is 0 Å². The highest BCUT2D eigenvalue weighted by Crippen LogP contribution is 2.23. The van der Waals surface area contributed by atoms with Gasteiger partial charge >= 0.3 is 5.97 Å². The monoisotopic (exact) mass is 262 g/mol. The Morgan fingerprint density at radius 1 is 1.05 bits per heavy atom. The Morgan fingerprint density at radius 3 is 2.42 bits per heavy atom. The van der Waals surface area contributed by atoms with Crippen molar-refractivity contribution in [2.75, 3.05) is 0 Å². The highest BCUT2D eigenvalue weighted by Gasteiger charge is 2.15. The van der Waals surface area contributed by atoms with Crippen LogP contribution in [-0.2, 0) is 9.53 Å². The summed E-state index contributed by atoms with van der Waals surface area (Å²) in [6, 6.07) is 10.0. The van der Waals surface area contributed by atoms with E-state index in [2.05, 4.69) is 13.8 Å². The van der Waals surface area contributed by atoms with Gasteiger partial charge in [0.1, 0.15) is 6.10 Å². The van der Waals surface area contributed by atoms with Crippen molar-refractivity contribution in [2.24, 2.45) is 0 Å². The second-order valence-corrected chi connectivity index (χ2v) is 4.99. The average Bonchev–Trinajstić information content (AvgIpc) is 2.44. The molecule has 0 amide bonds. The van der Waals surface area contributed by atoms with Crippen LogP contribution in [0.3, 0.4) is 0 Å². The van der Waals surface area contributed by atoms with Crippen LogP contribution in [0.25, 0.3) is 0 Å². The first-order valence-electron chi connectivity index (χ1n) is 7.52. The Balaban J connectivity index is 2.43. The van der Waals surface area contributed by atoms with Crippen LogP contribution < -0.4 is 0 Å². The summed E-state index contributed by atoms with van der Waals surface area (Å²) in [4.78, 5) is 11.8. The molecule has 0 fully saturated rings. The van der Waals surface area contributed by atoms with Crippen molar-refractivity contribution in [1.29, 1.82) is 0 Å². The lowest BCUT2D eigenvalue weighted by molar-refractivity contribution is -0.150.